The maximum Gasteiger partial charge on any atom is 0.305 e. The molecule has 0 saturated heterocycles. The van der Waals surface area contributed by atoms with Crippen LogP contribution in [0.25, 0.3) is 0 Å². The van der Waals surface area contributed by atoms with Crippen molar-refractivity contribution in [1.82, 2.24) is 10.6 Å². The van der Waals surface area contributed by atoms with Crippen LogP contribution in [-0.2, 0) is 24.9 Å². The van der Waals surface area contributed by atoms with Gasteiger partial charge in [-0.1, -0.05) is 42.5 Å². The fourth-order valence-electron chi connectivity index (χ4n) is 3.09. The quantitative estimate of drug-likeness (QED) is 0.166. The predicted octanol–water partition coefficient (Wildman–Crippen LogP) is 3.38. The summed E-state index contributed by atoms with van der Waals surface area (Å²) in [4.78, 5) is 37.3. The van der Waals surface area contributed by atoms with Crippen molar-refractivity contribution in [1.29, 1.82) is 0 Å². The highest BCUT2D eigenvalue weighted by Gasteiger charge is 2.24. The normalized spacial score (nSPS) is 13.2. The SMILES string of the molecule is C=CCCCC(=O)OC[C@H](CSCc1ccccc1)NC(=O)[C@H](CC=C)CC(=O)N[C@@H](C)CO. The zero-order chi connectivity index (χ0) is 25.2. The number of unbranched alkanes of at least 4 members (excludes halogenated alkanes) is 1. The fourth-order valence-corrected chi connectivity index (χ4v) is 4.10. The minimum atomic E-state index is -0.603. The first-order valence-corrected chi connectivity index (χ1v) is 12.7. The summed E-state index contributed by atoms with van der Waals surface area (Å²) in [5.74, 6) is -0.206. The summed E-state index contributed by atoms with van der Waals surface area (Å²) in [6.45, 7) is 8.91. The van der Waals surface area contributed by atoms with Crippen LogP contribution in [0.3, 0.4) is 0 Å². The van der Waals surface area contributed by atoms with Crippen LogP contribution in [-0.4, -0.2) is 53.9 Å². The Morgan fingerprint density at radius 3 is 2.53 bits per heavy atom. The second-order valence-corrected chi connectivity index (χ2v) is 9.18. The number of ether oxygens (including phenoxy) is 1. The highest BCUT2D eigenvalue weighted by Crippen LogP contribution is 2.15. The number of aliphatic hydroxyl groups excluding tert-OH is 1. The van der Waals surface area contributed by atoms with Crippen molar-refractivity contribution in [3.63, 3.8) is 0 Å². The standard InChI is InChI=1S/C26H38N2O5S/c1-4-6-8-14-25(31)33-17-23(19-34-18-21-12-9-7-10-13-21)28-26(32)22(11-5-2)15-24(30)27-20(3)16-29/h4-5,7,9-10,12-13,20,22-23,29H,1-2,6,8,11,14-19H2,3H3,(H,27,30)(H,28,32)/t20-,22+,23+/m0/s1. The number of aliphatic hydroxyl groups is 1. The van der Waals surface area contributed by atoms with Gasteiger partial charge in [-0.2, -0.15) is 11.8 Å². The molecule has 188 valence electrons. The zero-order valence-corrected chi connectivity index (χ0v) is 20.9. The molecule has 0 aliphatic heterocycles. The smallest absolute Gasteiger partial charge is 0.305 e. The number of carbonyl (C=O) groups is 3. The van der Waals surface area contributed by atoms with E-state index in [-0.39, 0.29) is 43.5 Å². The molecule has 0 aliphatic carbocycles. The molecular weight excluding hydrogens is 452 g/mol. The molecule has 1 aromatic rings. The molecular formula is C26H38N2O5S. The molecule has 3 N–H and O–H groups in total. The van der Waals surface area contributed by atoms with Crippen LogP contribution in [0.5, 0.6) is 0 Å². The third-order valence-corrected chi connectivity index (χ3v) is 6.12. The van der Waals surface area contributed by atoms with Crippen LogP contribution in [0.1, 0.15) is 44.6 Å². The molecule has 0 heterocycles. The molecule has 0 radical (unpaired) electrons. The summed E-state index contributed by atoms with van der Waals surface area (Å²) >= 11 is 1.63. The molecule has 8 heteroatoms. The third kappa shape index (κ3) is 13.2. The van der Waals surface area contributed by atoms with E-state index in [0.29, 0.717) is 25.0 Å². The number of hydrogen-bond acceptors (Lipinski definition) is 6. The number of allylic oxidation sites excluding steroid dienone is 2. The molecule has 0 aliphatic rings. The summed E-state index contributed by atoms with van der Waals surface area (Å²) in [6, 6.07) is 9.20. The maximum absolute atomic E-state index is 13.0. The minimum absolute atomic E-state index is 0.0204. The largest absolute Gasteiger partial charge is 0.463 e. The number of nitrogens with one attached hydrogen (secondary N) is 2. The second-order valence-electron chi connectivity index (χ2n) is 8.15. The van der Waals surface area contributed by atoms with Gasteiger partial charge < -0.3 is 20.5 Å². The maximum atomic E-state index is 13.0. The predicted molar refractivity (Wildman–Crippen MR) is 137 cm³/mol. The molecule has 1 aromatic carbocycles. The molecule has 1 rings (SSSR count). The molecule has 0 bridgehead atoms. The summed E-state index contributed by atoms with van der Waals surface area (Å²) in [5, 5.41) is 14.7. The summed E-state index contributed by atoms with van der Waals surface area (Å²) in [6.07, 6.45) is 5.38. The number of thioether (sulfide) groups is 1. The van der Waals surface area contributed by atoms with Crippen LogP contribution in [0.4, 0.5) is 0 Å². The van der Waals surface area contributed by atoms with Crippen LogP contribution >= 0.6 is 11.8 Å². The lowest BCUT2D eigenvalue weighted by Gasteiger charge is -2.22. The van der Waals surface area contributed by atoms with Crippen LogP contribution in [0, 0.1) is 5.92 Å². The fraction of sp³-hybridized carbons (Fsp3) is 0.500. The zero-order valence-electron chi connectivity index (χ0n) is 20.0. The molecule has 7 nitrogen and oxygen atoms in total. The molecule has 3 atom stereocenters. The minimum Gasteiger partial charge on any atom is -0.463 e. The first-order chi connectivity index (χ1) is 16.4. The van der Waals surface area contributed by atoms with Gasteiger partial charge in [-0.05, 0) is 31.7 Å². The topological polar surface area (TPSA) is 105 Å². The lowest BCUT2D eigenvalue weighted by atomic mass is 9.99. The van der Waals surface area contributed by atoms with Gasteiger partial charge in [0.05, 0.1) is 18.6 Å². The van der Waals surface area contributed by atoms with Gasteiger partial charge in [-0.3, -0.25) is 14.4 Å². The first-order valence-electron chi connectivity index (χ1n) is 11.6. The first kappa shape index (κ1) is 29.5. The number of esters is 1. The van der Waals surface area contributed by atoms with Crippen LogP contribution < -0.4 is 10.6 Å². The highest BCUT2D eigenvalue weighted by molar-refractivity contribution is 7.98. The van der Waals surface area contributed by atoms with E-state index in [1.807, 2.05) is 30.3 Å². The Kier molecular flexibility index (Phi) is 15.5. The van der Waals surface area contributed by atoms with E-state index in [9.17, 15) is 14.4 Å². The summed E-state index contributed by atoms with van der Waals surface area (Å²) < 4.78 is 5.41. The van der Waals surface area contributed by atoms with E-state index in [2.05, 4.69) is 23.8 Å². The van der Waals surface area contributed by atoms with Crippen molar-refractivity contribution in [3.05, 3.63) is 61.2 Å². The number of benzene rings is 1. The van der Waals surface area contributed by atoms with Crippen molar-refractivity contribution < 1.29 is 24.2 Å². The Hall–Kier alpha value is -2.58. The van der Waals surface area contributed by atoms with Crippen molar-refractivity contribution in [2.75, 3.05) is 19.0 Å². The summed E-state index contributed by atoms with van der Waals surface area (Å²) in [5.41, 5.74) is 1.17. The van der Waals surface area contributed by atoms with Gasteiger partial charge in [-0.15, -0.1) is 13.2 Å². The van der Waals surface area contributed by atoms with Crippen molar-refractivity contribution in [3.8, 4) is 0 Å². The molecule has 0 aromatic heterocycles. The second kappa shape index (κ2) is 17.8. The number of rotatable bonds is 18. The number of carbonyl (C=O) groups excluding carboxylic acids is 3. The van der Waals surface area contributed by atoms with Gasteiger partial charge in [-0.25, -0.2) is 0 Å². The van der Waals surface area contributed by atoms with E-state index in [0.717, 1.165) is 12.2 Å². The molecule has 0 fully saturated rings. The van der Waals surface area contributed by atoms with E-state index >= 15 is 0 Å². The average molecular weight is 491 g/mol. The Morgan fingerprint density at radius 2 is 1.88 bits per heavy atom. The van der Waals surface area contributed by atoms with Gasteiger partial charge in [0, 0.05) is 30.4 Å². The third-order valence-electron chi connectivity index (χ3n) is 4.95. The van der Waals surface area contributed by atoms with Crippen LogP contribution in [0.2, 0.25) is 0 Å². The van der Waals surface area contributed by atoms with Crippen molar-refractivity contribution in [2.45, 2.75) is 56.9 Å². The van der Waals surface area contributed by atoms with Gasteiger partial charge in [0.25, 0.3) is 0 Å². The molecule has 0 unspecified atom stereocenters. The van der Waals surface area contributed by atoms with E-state index in [4.69, 9.17) is 9.84 Å². The molecule has 2 amide bonds. The molecule has 34 heavy (non-hydrogen) atoms. The van der Waals surface area contributed by atoms with Gasteiger partial charge in [0.1, 0.15) is 6.61 Å². The summed E-state index contributed by atoms with van der Waals surface area (Å²) in [7, 11) is 0. The Balaban J connectivity index is 2.72. The van der Waals surface area contributed by atoms with E-state index in [1.165, 1.54) is 5.56 Å². The molecule has 0 saturated carbocycles. The van der Waals surface area contributed by atoms with Gasteiger partial charge >= 0.3 is 5.97 Å². The van der Waals surface area contributed by atoms with Crippen molar-refractivity contribution >= 4 is 29.5 Å². The lowest BCUT2D eigenvalue weighted by Crippen LogP contribution is -2.45. The Morgan fingerprint density at radius 1 is 1.15 bits per heavy atom. The van der Waals surface area contributed by atoms with Crippen LogP contribution in [0.15, 0.2) is 55.6 Å². The lowest BCUT2D eigenvalue weighted by molar-refractivity contribution is -0.145. The Labute approximate surface area is 207 Å². The Bertz CT molecular complexity index is 772. The number of amides is 2. The van der Waals surface area contributed by atoms with Crippen molar-refractivity contribution in [2.24, 2.45) is 5.92 Å². The van der Waals surface area contributed by atoms with E-state index < -0.39 is 12.0 Å². The highest BCUT2D eigenvalue weighted by atomic mass is 32.2. The van der Waals surface area contributed by atoms with E-state index in [1.54, 1.807) is 30.8 Å². The monoisotopic (exact) mass is 490 g/mol. The van der Waals surface area contributed by atoms with Gasteiger partial charge in [0.15, 0.2) is 0 Å². The van der Waals surface area contributed by atoms with Gasteiger partial charge in [0.2, 0.25) is 11.8 Å². The average Bonchev–Trinajstić information content (AvgIpc) is 2.82. The molecule has 0 spiro atoms. The number of hydrogen-bond donors (Lipinski definition) is 3.